The van der Waals surface area contributed by atoms with Gasteiger partial charge in [0.1, 0.15) is 12.1 Å². The Balaban J connectivity index is 1.88. The number of aliphatic carboxylic acids is 1. The Labute approximate surface area is 125 Å². The number of ether oxygens (including phenoxy) is 1. The Hall–Kier alpha value is -1.85. The van der Waals surface area contributed by atoms with Crippen LogP contribution in [-0.2, 0) is 4.79 Å². The molecule has 0 bridgehead atoms. The highest BCUT2D eigenvalue weighted by atomic mass is 16.5. The fourth-order valence-corrected chi connectivity index (χ4v) is 2.59. The van der Waals surface area contributed by atoms with Crippen LogP contribution >= 0.6 is 0 Å². The molecule has 1 aromatic heterocycles. The summed E-state index contributed by atoms with van der Waals surface area (Å²) >= 11 is 0. The maximum Gasteiger partial charge on any atom is 0.303 e. The van der Waals surface area contributed by atoms with Gasteiger partial charge in [0.15, 0.2) is 0 Å². The molecule has 0 aromatic carbocycles. The maximum absolute atomic E-state index is 10.6. The molecular weight excluding hydrogens is 270 g/mol. The highest BCUT2D eigenvalue weighted by molar-refractivity contribution is 5.66. The van der Waals surface area contributed by atoms with Crippen LogP contribution in [0.15, 0.2) is 12.4 Å². The first-order valence-electron chi connectivity index (χ1n) is 7.50. The van der Waals surface area contributed by atoms with E-state index in [0.717, 1.165) is 38.2 Å². The van der Waals surface area contributed by atoms with E-state index < -0.39 is 5.97 Å². The summed E-state index contributed by atoms with van der Waals surface area (Å²) in [7, 11) is 0. The molecule has 2 rings (SSSR count). The van der Waals surface area contributed by atoms with Gasteiger partial charge in [-0.1, -0.05) is 0 Å². The number of carbonyl (C=O) groups is 1. The number of anilines is 1. The molecule has 1 saturated heterocycles. The van der Waals surface area contributed by atoms with Gasteiger partial charge in [0.05, 0.1) is 6.10 Å². The fourth-order valence-electron chi connectivity index (χ4n) is 2.59. The zero-order valence-electron chi connectivity index (χ0n) is 12.7. The molecule has 0 saturated carbocycles. The number of aromatic nitrogens is 2. The van der Waals surface area contributed by atoms with Crippen LogP contribution in [0.5, 0.6) is 5.88 Å². The van der Waals surface area contributed by atoms with Crippen molar-refractivity contribution in [1.29, 1.82) is 0 Å². The summed E-state index contributed by atoms with van der Waals surface area (Å²) in [6, 6.07) is 1.87. The molecule has 2 heterocycles. The van der Waals surface area contributed by atoms with E-state index in [0.29, 0.717) is 11.8 Å². The van der Waals surface area contributed by atoms with Gasteiger partial charge in [0.2, 0.25) is 5.88 Å². The lowest BCUT2D eigenvalue weighted by Gasteiger charge is -2.32. The zero-order valence-corrected chi connectivity index (χ0v) is 12.7. The topological polar surface area (TPSA) is 75.5 Å². The van der Waals surface area contributed by atoms with E-state index in [1.54, 1.807) is 0 Å². The quantitative estimate of drug-likeness (QED) is 0.867. The first kappa shape index (κ1) is 15.5. The molecule has 0 unspecified atom stereocenters. The van der Waals surface area contributed by atoms with Gasteiger partial charge in [-0.25, -0.2) is 9.97 Å². The minimum atomic E-state index is -0.705. The van der Waals surface area contributed by atoms with Gasteiger partial charge in [0, 0.05) is 25.6 Å². The van der Waals surface area contributed by atoms with Crippen molar-refractivity contribution in [1.82, 2.24) is 9.97 Å². The third-order valence-corrected chi connectivity index (χ3v) is 3.69. The zero-order chi connectivity index (χ0) is 15.2. The van der Waals surface area contributed by atoms with Crippen LogP contribution in [0.4, 0.5) is 5.82 Å². The standard InChI is InChI=1S/C15H23N3O3/c1-11(2)21-14-9-13(16-10-17-14)18-7-5-12(6-8-18)3-4-15(19)20/h9-12H,3-8H2,1-2H3,(H,19,20). The first-order chi connectivity index (χ1) is 10.0. The number of hydrogen-bond donors (Lipinski definition) is 1. The summed E-state index contributed by atoms with van der Waals surface area (Å²) in [5.74, 6) is 1.29. The van der Waals surface area contributed by atoms with E-state index in [2.05, 4.69) is 14.9 Å². The number of carboxylic acids is 1. The Morgan fingerprint density at radius 3 is 2.76 bits per heavy atom. The molecule has 0 aliphatic carbocycles. The molecule has 1 aliphatic rings. The van der Waals surface area contributed by atoms with Crippen LogP contribution < -0.4 is 9.64 Å². The Morgan fingerprint density at radius 2 is 2.14 bits per heavy atom. The predicted molar refractivity (Wildman–Crippen MR) is 79.6 cm³/mol. The molecule has 21 heavy (non-hydrogen) atoms. The Morgan fingerprint density at radius 1 is 1.43 bits per heavy atom. The third kappa shape index (κ3) is 4.88. The SMILES string of the molecule is CC(C)Oc1cc(N2CCC(CCC(=O)O)CC2)ncn1. The molecule has 6 nitrogen and oxygen atoms in total. The van der Waals surface area contributed by atoms with Gasteiger partial charge in [-0.3, -0.25) is 4.79 Å². The van der Waals surface area contributed by atoms with Crippen LogP contribution in [-0.4, -0.2) is 40.2 Å². The van der Waals surface area contributed by atoms with E-state index >= 15 is 0 Å². The van der Waals surface area contributed by atoms with Gasteiger partial charge in [-0.15, -0.1) is 0 Å². The molecule has 1 aromatic rings. The van der Waals surface area contributed by atoms with Crippen molar-refractivity contribution in [3.05, 3.63) is 12.4 Å². The largest absolute Gasteiger partial charge is 0.481 e. The maximum atomic E-state index is 10.6. The lowest BCUT2D eigenvalue weighted by molar-refractivity contribution is -0.137. The second kappa shape index (κ2) is 7.24. The van der Waals surface area contributed by atoms with Crippen molar-refractivity contribution in [2.45, 2.75) is 45.6 Å². The van der Waals surface area contributed by atoms with Crippen LogP contribution in [0, 0.1) is 5.92 Å². The molecular formula is C15H23N3O3. The van der Waals surface area contributed by atoms with Crippen molar-refractivity contribution >= 4 is 11.8 Å². The molecule has 0 radical (unpaired) electrons. The van der Waals surface area contributed by atoms with Crippen molar-refractivity contribution in [2.24, 2.45) is 5.92 Å². The van der Waals surface area contributed by atoms with Gasteiger partial charge in [0.25, 0.3) is 0 Å². The highest BCUT2D eigenvalue weighted by Crippen LogP contribution is 2.26. The number of piperidine rings is 1. The lowest BCUT2D eigenvalue weighted by Crippen LogP contribution is -2.34. The first-order valence-corrected chi connectivity index (χ1v) is 7.50. The van der Waals surface area contributed by atoms with Crippen molar-refractivity contribution in [2.75, 3.05) is 18.0 Å². The van der Waals surface area contributed by atoms with E-state index in [-0.39, 0.29) is 12.5 Å². The molecule has 0 amide bonds. The van der Waals surface area contributed by atoms with Gasteiger partial charge < -0.3 is 14.7 Å². The summed E-state index contributed by atoms with van der Waals surface area (Å²) in [6.45, 7) is 5.75. The fraction of sp³-hybridized carbons (Fsp3) is 0.667. The average Bonchev–Trinajstić information content (AvgIpc) is 2.45. The number of carboxylic acid groups (broad SMARTS) is 1. The van der Waals surface area contributed by atoms with E-state index in [1.807, 2.05) is 19.9 Å². The minimum absolute atomic E-state index is 0.0921. The predicted octanol–water partition coefficient (Wildman–Crippen LogP) is 2.35. The normalized spacial score (nSPS) is 16.2. The van der Waals surface area contributed by atoms with E-state index in [4.69, 9.17) is 9.84 Å². The monoisotopic (exact) mass is 293 g/mol. The van der Waals surface area contributed by atoms with Gasteiger partial charge in [-0.2, -0.15) is 0 Å². The van der Waals surface area contributed by atoms with Crippen LogP contribution in [0.1, 0.15) is 39.5 Å². The van der Waals surface area contributed by atoms with Gasteiger partial charge >= 0.3 is 5.97 Å². The summed E-state index contributed by atoms with van der Waals surface area (Å²) in [6.07, 6.45) is 4.69. The van der Waals surface area contributed by atoms with E-state index in [1.165, 1.54) is 6.33 Å². The molecule has 6 heteroatoms. The molecule has 0 atom stereocenters. The van der Waals surface area contributed by atoms with Crippen LogP contribution in [0.25, 0.3) is 0 Å². The number of rotatable bonds is 6. The molecule has 1 fully saturated rings. The van der Waals surface area contributed by atoms with Crippen LogP contribution in [0.2, 0.25) is 0 Å². The summed E-state index contributed by atoms with van der Waals surface area (Å²) in [5.41, 5.74) is 0. The highest BCUT2D eigenvalue weighted by Gasteiger charge is 2.21. The summed E-state index contributed by atoms with van der Waals surface area (Å²) < 4.78 is 5.59. The van der Waals surface area contributed by atoms with Gasteiger partial charge in [-0.05, 0) is 39.0 Å². The molecule has 0 spiro atoms. The Bertz CT molecular complexity index is 471. The summed E-state index contributed by atoms with van der Waals surface area (Å²) in [5, 5.41) is 8.74. The van der Waals surface area contributed by atoms with Crippen molar-refractivity contribution in [3.8, 4) is 5.88 Å². The minimum Gasteiger partial charge on any atom is -0.481 e. The lowest BCUT2D eigenvalue weighted by atomic mass is 9.92. The second-order valence-corrected chi connectivity index (χ2v) is 5.74. The average molecular weight is 293 g/mol. The Kier molecular flexibility index (Phi) is 5.36. The number of nitrogens with zero attached hydrogens (tertiary/aromatic N) is 3. The van der Waals surface area contributed by atoms with Crippen molar-refractivity contribution < 1.29 is 14.6 Å². The second-order valence-electron chi connectivity index (χ2n) is 5.74. The smallest absolute Gasteiger partial charge is 0.303 e. The third-order valence-electron chi connectivity index (χ3n) is 3.69. The molecule has 1 N–H and O–H groups in total. The summed E-state index contributed by atoms with van der Waals surface area (Å²) in [4.78, 5) is 21.2. The molecule has 116 valence electrons. The van der Waals surface area contributed by atoms with Crippen molar-refractivity contribution in [3.63, 3.8) is 0 Å². The number of hydrogen-bond acceptors (Lipinski definition) is 5. The molecule has 1 aliphatic heterocycles. The van der Waals surface area contributed by atoms with Crippen LogP contribution in [0.3, 0.4) is 0 Å². The van der Waals surface area contributed by atoms with E-state index in [9.17, 15) is 4.79 Å².